The highest BCUT2D eigenvalue weighted by molar-refractivity contribution is 7.47. The van der Waals surface area contributed by atoms with Crippen LogP contribution in [0.2, 0.25) is 0 Å². The molecule has 0 aliphatic rings. The van der Waals surface area contributed by atoms with E-state index >= 15 is 0 Å². The quantitative estimate of drug-likeness (QED) is 0.181. The molecule has 0 N–H and O–H groups in total. The van der Waals surface area contributed by atoms with Crippen molar-refractivity contribution in [2.75, 3.05) is 7.05 Å². The average molecular weight is 774 g/mol. The van der Waals surface area contributed by atoms with Gasteiger partial charge in [0.05, 0.1) is 0 Å². The molecule has 0 bridgehead atoms. The summed E-state index contributed by atoms with van der Waals surface area (Å²) >= 11 is 4.02. The summed E-state index contributed by atoms with van der Waals surface area (Å²) in [6.07, 6.45) is 11.3. The van der Waals surface area contributed by atoms with Crippen molar-refractivity contribution >= 4 is 54.9 Å². The van der Waals surface area contributed by atoms with E-state index in [0.717, 1.165) is 57.8 Å². The molecule has 0 aromatic heterocycles. The van der Waals surface area contributed by atoms with Gasteiger partial charge in [0.25, 0.3) is 0 Å². The Morgan fingerprint density at radius 1 is 0.558 bits per heavy atom. The summed E-state index contributed by atoms with van der Waals surface area (Å²) in [5.74, 6) is 2.33. The van der Waals surface area contributed by atoms with E-state index in [1.165, 1.54) is 6.42 Å². The van der Waals surface area contributed by atoms with Crippen molar-refractivity contribution in [3.63, 3.8) is 0 Å². The first-order valence-corrected chi connectivity index (χ1v) is 19.5. The van der Waals surface area contributed by atoms with E-state index in [1.54, 1.807) is 55.5 Å². The lowest BCUT2D eigenvalue weighted by Crippen LogP contribution is -2.04. The van der Waals surface area contributed by atoms with E-state index in [9.17, 15) is 24.0 Å². The van der Waals surface area contributed by atoms with Crippen LogP contribution in [-0.2, 0) is 46.0 Å². The average Bonchev–Trinajstić information content (AvgIpc) is 3.12. The second kappa shape index (κ2) is 97.6. The van der Waals surface area contributed by atoms with E-state index in [4.69, 9.17) is 12.3 Å². The van der Waals surface area contributed by atoms with Crippen LogP contribution in [0.3, 0.4) is 0 Å². The zero-order chi connectivity index (χ0) is 46.5. The lowest BCUT2D eigenvalue weighted by molar-refractivity contribution is -0.121. The first kappa shape index (κ1) is 74.8. The summed E-state index contributed by atoms with van der Waals surface area (Å²) < 4.78 is 15.5. The van der Waals surface area contributed by atoms with Gasteiger partial charge in [0.1, 0.15) is 42.5 Å². The minimum Gasteiger partial charge on any atom is -0.307 e. The molecule has 0 rings (SSSR count). The number of nitrogens with zero attached hydrogens (tertiary/aromatic N) is 1. The molecule has 0 aromatic carbocycles. The van der Waals surface area contributed by atoms with Crippen LogP contribution >= 0.6 is 0 Å². The van der Waals surface area contributed by atoms with Crippen LogP contribution in [0.5, 0.6) is 0 Å². The van der Waals surface area contributed by atoms with Gasteiger partial charge in [-0.2, -0.15) is 0 Å². The van der Waals surface area contributed by atoms with Crippen molar-refractivity contribution in [3.05, 3.63) is 0 Å². The van der Waals surface area contributed by atoms with Crippen LogP contribution in [0.25, 0.3) is 0 Å². The third-order valence-corrected chi connectivity index (χ3v) is 5.63. The first-order chi connectivity index (χ1) is 25.2. The van der Waals surface area contributed by atoms with Crippen molar-refractivity contribution in [3.8, 4) is 0 Å². The first-order valence-electron chi connectivity index (χ1n) is 20.5. The van der Waals surface area contributed by atoms with Gasteiger partial charge in [-0.3, -0.25) is 14.4 Å². The highest BCUT2D eigenvalue weighted by Gasteiger charge is 2.04. The van der Waals surface area contributed by atoms with Gasteiger partial charge in [0, 0.05) is 52.8 Å². The standard InChI is InChI=1S/3C7H14O.C6H12O.C4H8O.C3H8.3C2H6.CH3NS.2CH2O/c3*1-4-5-6(2)7(3)8;1-3-4-5-6(2)7;1-3-4(2)5;1-3-2;3*1-2;1-2-3;2*1-2/h3*6H,4-5H2,1-3H3;3-5H2,1-2H3;3H2,1-2H3;3H2,1-2H3;3*1-2H3;1H3;2*1H2/i;;;;;;2*1T;;;;. The van der Waals surface area contributed by atoms with Gasteiger partial charge in [0.15, 0.2) is 0 Å². The highest BCUT2D eigenvalue weighted by atomic mass is 32.1. The zero-order valence-electron chi connectivity index (χ0n) is 40.6. The monoisotopic (exact) mass is 774 g/mol. The molecule has 0 aliphatic heterocycles. The number of carbonyl (C=O) groups excluding carboxylic acids is 7. The van der Waals surface area contributed by atoms with Gasteiger partial charge in [-0.05, 0) is 60.3 Å². The summed E-state index contributed by atoms with van der Waals surface area (Å²) in [5, 5.41) is 0. The fourth-order valence-corrected chi connectivity index (χ4v) is 2.33. The predicted molar refractivity (Wildman–Crippen MR) is 235 cm³/mol. The molecule has 0 radical (unpaired) electrons. The Kier molecular flexibility index (Phi) is 140. The van der Waals surface area contributed by atoms with Gasteiger partial charge in [-0.1, -0.05) is 143 Å². The number of ketones is 5. The summed E-state index contributed by atoms with van der Waals surface area (Å²) in [5.41, 5.74) is 0. The summed E-state index contributed by atoms with van der Waals surface area (Å²) in [4.78, 5) is 67.6. The molecule has 9 heteroatoms. The molecule has 0 spiro atoms. The number of hydrogen-bond donors (Lipinski definition) is 0. The SMILES string of the molecule is C=O.C=O.CC.CCC.CCC(C)=O.CCCC(C)C(C)=O.CCCC(C)C(C)=O.CCCC(C)C(C)=O.CCCCC(C)=O.CN=S.[3H]CC.[3H]CC. The second-order valence-corrected chi connectivity index (χ2v) is 11.0. The van der Waals surface area contributed by atoms with Gasteiger partial charge >= 0.3 is 0 Å². The lowest BCUT2D eigenvalue weighted by atomic mass is 10.0. The number of Topliss-reactive ketones (excluding diaryl/α,β-unsaturated/α-hetero) is 5. The van der Waals surface area contributed by atoms with Crippen molar-refractivity contribution in [2.24, 2.45) is 22.1 Å². The van der Waals surface area contributed by atoms with E-state index < -0.39 is 0 Å². The van der Waals surface area contributed by atoms with Gasteiger partial charge in [0.2, 0.25) is 0 Å². The lowest BCUT2D eigenvalue weighted by Gasteiger charge is -2.01. The minimum atomic E-state index is 0.255. The molecule has 0 amide bonds. The number of rotatable bonds is 13. The molecule has 3 unspecified atom stereocenters. The molecular formula is C43H95NO7S. The predicted octanol–water partition coefficient (Wildman–Crippen LogP) is 13.3. The van der Waals surface area contributed by atoms with Crippen LogP contribution in [0.1, 0.15) is 219 Å². The fourth-order valence-electron chi connectivity index (χ4n) is 2.33. The Bertz CT molecular complexity index is 640. The third kappa shape index (κ3) is 170. The topological polar surface area (TPSA) is 132 Å². The zero-order valence-corrected chi connectivity index (χ0v) is 39.4. The smallest absolute Gasteiger partial charge is 0.132 e. The number of carbonyl (C=O) groups is 7. The maximum Gasteiger partial charge on any atom is 0.132 e. The number of unbranched alkanes of at least 4 members (excludes halogenated alkanes) is 1. The van der Waals surface area contributed by atoms with Gasteiger partial charge in [-0.25, -0.2) is 4.36 Å². The molecule has 320 valence electrons. The van der Waals surface area contributed by atoms with Crippen molar-refractivity contribution in [1.29, 1.82) is 0 Å². The Hall–Kier alpha value is -2.29. The Labute approximate surface area is 335 Å². The summed E-state index contributed by atoms with van der Waals surface area (Å²) in [6, 6.07) is 0. The minimum absolute atomic E-state index is 0.255. The molecule has 0 fully saturated rings. The van der Waals surface area contributed by atoms with E-state index in [1.807, 2.05) is 55.1 Å². The number of hydrogen-bond acceptors (Lipinski definition) is 9. The van der Waals surface area contributed by atoms with Crippen LogP contribution in [0.4, 0.5) is 0 Å². The molecule has 0 heterocycles. The van der Waals surface area contributed by atoms with E-state index in [-0.39, 0.29) is 23.5 Å². The molecule has 52 heavy (non-hydrogen) atoms. The molecule has 3 atom stereocenters. The van der Waals surface area contributed by atoms with E-state index in [2.05, 4.69) is 58.3 Å². The van der Waals surface area contributed by atoms with Crippen molar-refractivity contribution < 1.29 is 36.3 Å². The van der Waals surface area contributed by atoms with Crippen molar-refractivity contribution in [1.82, 2.24) is 0 Å². The van der Waals surface area contributed by atoms with Crippen LogP contribution in [0, 0.1) is 17.8 Å². The Balaban J connectivity index is -0.0000000370. The third-order valence-electron chi connectivity index (χ3n) is 5.63. The fraction of sp³-hybridized carbons (Fsp3) is 0.837. The summed E-state index contributed by atoms with van der Waals surface area (Å²) in [6.45, 7) is 41.2. The van der Waals surface area contributed by atoms with Gasteiger partial charge < -0.3 is 19.2 Å². The molecule has 0 saturated heterocycles. The van der Waals surface area contributed by atoms with Crippen LogP contribution in [-0.4, -0.2) is 49.5 Å². The highest BCUT2D eigenvalue weighted by Crippen LogP contribution is 2.05. The Morgan fingerprint density at radius 2 is 0.731 bits per heavy atom. The van der Waals surface area contributed by atoms with Crippen LogP contribution in [0.15, 0.2) is 4.36 Å². The van der Waals surface area contributed by atoms with Crippen LogP contribution < -0.4 is 0 Å². The molecule has 0 aromatic rings. The van der Waals surface area contributed by atoms with Crippen molar-refractivity contribution in [2.45, 2.75) is 216 Å². The summed E-state index contributed by atoms with van der Waals surface area (Å²) in [7, 11) is 1.56. The second-order valence-electron chi connectivity index (χ2n) is 10.7. The maximum absolute atomic E-state index is 10.5. The molecule has 0 saturated carbocycles. The normalized spacial score (nSPS) is 9.69. The Morgan fingerprint density at radius 3 is 0.769 bits per heavy atom. The van der Waals surface area contributed by atoms with E-state index in [0.29, 0.717) is 43.4 Å². The molecule has 0 aliphatic carbocycles. The van der Waals surface area contributed by atoms with Gasteiger partial charge in [-0.15, -0.1) is 0 Å². The molecule has 8 nitrogen and oxygen atoms in total. The largest absolute Gasteiger partial charge is 0.307 e. The molecular weight excluding hydrogens is 675 g/mol. The maximum atomic E-state index is 10.5.